The van der Waals surface area contributed by atoms with E-state index >= 15 is 0 Å². The van der Waals surface area contributed by atoms with Crippen LogP contribution in [0.1, 0.15) is 24.4 Å². The molecule has 8 heteroatoms. The lowest BCUT2D eigenvalue weighted by atomic mass is 10.0. The fourth-order valence-corrected chi connectivity index (χ4v) is 4.22. The number of amides is 2. The Kier molecular flexibility index (Phi) is 5.72. The van der Waals surface area contributed by atoms with Gasteiger partial charge in [0.1, 0.15) is 23.8 Å². The number of rotatable bonds is 5. The lowest BCUT2D eigenvalue weighted by Crippen LogP contribution is -2.46. The SMILES string of the molecule is COc1ccc(C2CCCN2C(=O)CN2C(=O)COc3ccc(Cl)cc32)c(OC)c1. The fraction of sp³-hybridized carbons (Fsp3) is 0.364. The number of ether oxygens (including phenoxy) is 3. The Morgan fingerprint density at radius 2 is 2.03 bits per heavy atom. The summed E-state index contributed by atoms with van der Waals surface area (Å²) in [6.45, 7) is 0.460. The van der Waals surface area contributed by atoms with Crippen molar-refractivity contribution < 1.29 is 23.8 Å². The summed E-state index contributed by atoms with van der Waals surface area (Å²) in [5, 5.41) is 0.478. The average molecular weight is 431 g/mol. The highest BCUT2D eigenvalue weighted by molar-refractivity contribution is 6.31. The van der Waals surface area contributed by atoms with Crippen LogP contribution < -0.4 is 19.1 Å². The average Bonchev–Trinajstić information content (AvgIpc) is 3.25. The van der Waals surface area contributed by atoms with E-state index in [0.717, 1.165) is 18.4 Å². The van der Waals surface area contributed by atoms with Crippen molar-refractivity contribution in [3.8, 4) is 17.2 Å². The first-order valence-corrected chi connectivity index (χ1v) is 10.1. The van der Waals surface area contributed by atoms with E-state index in [2.05, 4.69) is 0 Å². The summed E-state index contributed by atoms with van der Waals surface area (Å²) in [5.74, 6) is 1.52. The van der Waals surface area contributed by atoms with Gasteiger partial charge in [-0.15, -0.1) is 0 Å². The van der Waals surface area contributed by atoms with Gasteiger partial charge in [-0.05, 0) is 43.2 Å². The van der Waals surface area contributed by atoms with Crippen LogP contribution in [-0.2, 0) is 9.59 Å². The van der Waals surface area contributed by atoms with Gasteiger partial charge in [0.2, 0.25) is 5.91 Å². The summed E-state index contributed by atoms with van der Waals surface area (Å²) < 4.78 is 16.3. The van der Waals surface area contributed by atoms with Gasteiger partial charge in [-0.3, -0.25) is 14.5 Å². The molecule has 0 spiro atoms. The minimum atomic E-state index is -0.268. The number of likely N-dealkylation sites (tertiary alicyclic amines) is 1. The van der Waals surface area contributed by atoms with Crippen molar-refractivity contribution >= 4 is 29.1 Å². The van der Waals surface area contributed by atoms with Crippen molar-refractivity contribution in [3.05, 3.63) is 47.0 Å². The molecular formula is C22H23ClN2O5. The van der Waals surface area contributed by atoms with E-state index in [1.807, 2.05) is 23.1 Å². The molecule has 2 aromatic carbocycles. The van der Waals surface area contributed by atoms with Crippen molar-refractivity contribution in [2.75, 3.05) is 38.8 Å². The van der Waals surface area contributed by atoms with E-state index < -0.39 is 0 Å². The van der Waals surface area contributed by atoms with Crippen LogP contribution in [0.3, 0.4) is 0 Å². The molecule has 30 heavy (non-hydrogen) atoms. The Balaban J connectivity index is 1.58. The highest BCUT2D eigenvalue weighted by Gasteiger charge is 2.35. The number of carbonyl (C=O) groups excluding carboxylic acids is 2. The zero-order chi connectivity index (χ0) is 21.3. The number of hydrogen-bond acceptors (Lipinski definition) is 5. The molecule has 2 heterocycles. The summed E-state index contributed by atoms with van der Waals surface area (Å²) in [4.78, 5) is 29.0. The highest BCUT2D eigenvalue weighted by Crippen LogP contribution is 2.39. The number of benzene rings is 2. The van der Waals surface area contributed by atoms with Crippen molar-refractivity contribution in [3.63, 3.8) is 0 Å². The molecule has 2 aromatic rings. The predicted octanol–water partition coefficient (Wildman–Crippen LogP) is 3.45. The molecule has 2 aliphatic heterocycles. The third-order valence-corrected chi connectivity index (χ3v) is 5.77. The normalized spacial score (nSPS) is 18.1. The second kappa shape index (κ2) is 8.44. The van der Waals surface area contributed by atoms with Crippen LogP contribution in [0.5, 0.6) is 17.2 Å². The van der Waals surface area contributed by atoms with Crippen molar-refractivity contribution in [1.82, 2.24) is 4.90 Å². The van der Waals surface area contributed by atoms with Gasteiger partial charge in [-0.1, -0.05) is 11.6 Å². The number of hydrogen-bond donors (Lipinski definition) is 0. The van der Waals surface area contributed by atoms with E-state index in [9.17, 15) is 9.59 Å². The largest absolute Gasteiger partial charge is 0.497 e. The van der Waals surface area contributed by atoms with Gasteiger partial charge in [0.15, 0.2) is 6.61 Å². The van der Waals surface area contributed by atoms with E-state index in [-0.39, 0.29) is 31.0 Å². The smallest absolute Gasteiger partial charge is 0.265 e. The van der Waals surface area contributed by atoms with Crippen molar-refractivity contribution in [1.29, 1.82) is 0 Å². The van der Waals surface area contributed by atoms with Gasteiger partial charge in [0.05, 0.1) is 25.9 Å². The minimum absolute atomic E-state index is 0.0650. The van der Waals surface area contributed by atoms with Gasteiger partial charge in [-0.25, -0.2) is 0 Å². The predicted molar refractivity (Wildman–Crippen MR) is 113 cm³/mol. The number of anilines is 1. The highest BCUT2D eigenvalue weighted by atomic mass is 35.5. The van der Waals surface area contributed by atoms with E-state index in [1.54, 1.807) is 32.4 Å². The van der Waals surface area contributed by atoms with Crippen molar-refractivity contribution in [2.45, 2.75) is 18.9 Å². The first kappa shape index (κ1) is 20.3. The quantitative estimate of drug-likeness (QED) is 0.726. The summed E-state index contributed by atoms with van der Waals surface area (Å²) in [7, 11) is 3.20. The van der Waals surface area contributed by atoms with Crippen LogP contribution in [-0.4, -0.2) is 50.6 Å². The van der Waals surface area contributed by atoms with Crippen LogP contribution in [0.15, 0.2) is 36.4 Å². The molecule has 158 valence electrons. The monoisotopic (exact) mass is 430 g/mol. The van der Waals surface area contributed by atoms with Gasteiger partial charge in [-0.2, -0.15) is 0 Å². The maximum absolute atomic E-state index is 13.3. The molecule has 0 bridgehead atoms. The lowest BCUT2D eigenvalue weighted by molar-refractivity contribution is -0.132. The van der Waals surface area contributed by atoms with Crippen LogP contribution >= 0.6 is 11.6 Å². The van der Waals surface area contributed by atoms with Crippen LogP contribution in [0.25, 0.3) is 0 Å². The molecule has 2 aliphatic rings. The molecule has 0 aromatic heterocycles. The Labute approximate surface area is 180 Å². The number of fused-ring (bicyclic) bond motifs is 1. The standard InChI is InChI=1S/C22H23ClN2O5/c1-28-15-6-7-16(20(11-15)29-2)17-4-3-9-24(17)21(26)12-25-18-10-14(23)5-8-19(18)30-13-22(25)27/h5-8,10-11,17H,3-4,9,12-13H2,1-2H3. The second-order valence-corrected chi connectivity index (χ2v) is 7.67. The van der Waals surface area contributed by atoms with Gasteiger partial charge in [0, 0.05) is 23.2 Å². The molecular weight excluding hydrogens is 408 g/mol. The van der Waals surface area contributed by atoms with Crippen LogP contribution in [0.2, 0.25) is 5.02 Å². The molecule has 0 saturated carbocycles. The number of nitrogens with zero attached hydrogens (tertiary/aromatic N) is 2. The third kappa shape index (κ3) is 3.77. The first-order valence-electron chi connectivity index (χ1n) is 9.76. The minimum Gasteiger partial charge on any atom is -0.497 e. The Hall–Kier alpha value is -2.93. The molecule has 0 aliphatic carbocycles. The first-order chi connectivity index (χ1) is 14.5. The molecule has 1 atom stereocenters. The van der Waals surface area contributed by atoms with Crippen LogP contribution in [0.4, 0.5) is 5.69 Å². The van der Waals surface area contributed by atoms with Gasteiger partial charge in [0.25, 0.3) is 5.91 Å². The Morgan fingerprint density at radius 3 is 2.80 bits per heavy atom. The maximum atomic E-state index is 13.3. The van der Waals surface area contributed by atoms with Crippen molar-refractivity contribution in [2.24, 2.45) is 0 Å². The summed E-state index contributed by atoms with van der Waals surface area (Å²) in [6.07, 6.45) is 1.71. The topological polar surface area (TPSA) is 68.3 Å². The van der Waals surface area contributed by atoms with E-state index in [1.165, 1.54) is 4.90 Å². The number of carbonyl (C=O) groups is 2. The number of halogens is 1. The molecule has 1 fully saturated rings. The van der Waals surface area contributed by atoms with Gasteiger partial charge < -0.3 is 19.1 Å². The Morgan fingerprint density at radius 1 is 1.20 bits per heavy atom. The third-order valence-electron chi connectivity index (χ3n) is 5.53. The lowest BCUT2D eigenvalue weighted by Gasteiger charge is -2.32. The second-order valence-electron chi connectivity index (χ2n) is 7.23. The summed E-state index contributed by atoms with van der Waals surface area (Å²) >= 11 is 6.10. The molecule has 7 nitrogen and oxygen atoms in total. The number of methoxy groups -OCH3 is 2. The fourth-order valence-electron chi connectivity index (χ4n) is 4.06. The molecule has 2 amide bonds. The van der Waals surface area contributed by atoms with E-state index in [4.69, 9.17) is 25.8 Å². The summed E-state index contributed by atoms with van der Waals surface area (Å²) in [5.41, 5.74) is 1.45. The van der Waals surface area contributed by atoms with Gasteiger partial charge >= 0.3 is 0 Å². The zero-order valence-corrected chi connectivity index (χ0v) is 17.6. The van der Waals surface area contributed by atoms with Crippen LogP contribution in [0, 0.1) is 0 Å². The molecule has 1 saturated heterocycles. The molecule has 0 N–H and O–H groups in total. The molecule has 4 rings (SSSR count). The Bertz CT molecular complexity index is 980. The zero-order valence-electron chi connectivity index (χ0n) is 16.9. The maximum Gasteiger partial charge on any atom is 0.265 e. The molecule has 0 radical (unpaired) electrons. The van der Waals surface area contributed by atoms with E-state index in [0.29, 0.717) is 34.5 Å². The molecule has 1 unspecified atom stereocenters. The summed E-state index contributed by atoms with van der Waals surface area (Å²) in [6, 6.07) is 10.6.